The van der Waals surface area contributed by atoms with Gasteiger partial charge in [0.2, 0.25) is 0 Å². The Morgan fingerprint density at radius 2 is 1.28 bits per heavy atom. The van der Waals surface area contributed by atoms with Gasteiger partial charge < -0.3 is 0 Å². The molecule has 0 saturated carbocycles. The quantitative estimate of drug-likeness (QED) is 0.333. The predicted octanol–water partition coefficient (Wildman–Crippen LogP) is 7.07. The van der Waals surface area contributed by atoms with Crippen molar-refractivity contribution in [2.75, 3.05) is 7.11 Å². The Morgan fingerprint density at radius 1 is 0.960 bits per heavy atom. The van der Waals surface area contributed by atoms with Gasteiger partial charge >= 0.3 is 41.9 Å². The number of rotatable bonds is 6. The van der Waals surface area contributed by atoms with Gasteiger partial charge in [0.25, 0.3) is 0 Å². The first-order chi connectivity index (χ1) is 12.0. The number of unbranched alkanes of at least 4 members (excludes halogenated alkanes) is 2. The molecule has 140 valence electrons. The first kappa shape index (κ1) is 27.3. The van der Waals surface area contributed by atoms with Crippen molar-refractivity contribution in [3.8, 4) is 0 Å². The van der Waals surface area contributed by atoms with E-state index in [2.05, 4.69) is 91.6 Å². The van der Waals surface area contributed by atoms with E-state index >= 15 is 0 Å². The Morgan fingerprint density at radius 3 is 1.48 bits per heavy atom. The minimum atomic E-state index is 0.210. The van der Waals surface area contributed by atoms with Gasteiger partial charge in [0, 0.05) is 0 Å². The number of hydrogen-bond donors (Lipinski definition) is 0. The molecule has 0 bridgehead atoms. The van der Waals surface area contributed by atoms with E-state index < -0.39 is 0 Å². The monoisotopic (exact) mass is 456 g/mol. The summed E-state index contributed by atoms with van der Waals surface area (Å²) in [6, 6.07) is 17.2. The van der Waals surface area contributed by atoms with E-state index in [9.17, 15) is 0 Å². The molecule has 0 aromatic heterocycles. The van der Waals surface area contributed by atoms with Crippen LogP contribution >= 0.6 is 11.9 Å². The molecule has 0 amide bonds. The summed E-state index contributed by atoms with van der Waals surface area (Å²) in [7, 11) is 1.39. The van der Waals surface area contributed by atoms with Crippen LogP contribution < -0.4 is 0 Å². The van der Waals surface area contributed by atoms with Gasteiger partial charge in [0.05, 0.1) is 19.0 Å². The van der Waals surface area contributed by atoms with Crippen LogP contribution in [0.4, 0.5) is 0 Å². The van der Waals surface area contributed by atoms with Gasteiger partial charge in [0.15, 0.2) is 0 Å². The Balaban J connectivity index is 0. The molecule has 4 heteroatoms. The Hall–Kier alpha value is 0.0500. The Kier molecular flexibility index (Phi) is 24.1. The second-order valence-corrected chi connectivity index (χ2v) is 15.6. The van der Waals surface area contributed by atoms with Crippen molar-refractivity contribution in [2.45, 2.75) is 65.5 Å². The van der Waals surface area contributed by atoms with Gasteiger partial charge in [-0.1, -0.05) is 52.4 Å². The zero-order valence-electron chi connectivity index (χ0n) is 16.6. The first-order valence-electron chi connectivity index (χ1n) is 9.09. The molecule has 0 spiro atoms. The molecule has 0 radical (unpaired) electrons. The van der Waals surface area contributed by atoms with Gasteiger partial charge in [-0.3, -0.25) is 4.29 Å². The van der Waals surface area contributed by atoms with Crippen molar-refractivity contribution in [1.82, 2.24) is 0 Å². The van der Waals surface area contributed by atoms with E-state index in [-0.39, 0.29) is 5.43 Å². The zero-order chi connectivity index (χ0) is 19.3. The molecule has 0 heterocycles. The van der Waals surface area contributed by atoms with Crippen molar-refractivity contribution in [3.63, 3.8) is 0 Å². The molecular weight excluding hydrogens is 423 g/mol. The standard InChI is InChI=1S/2C9H13.C2H6Si.CH3ClO.Zr/c2*1-2-3-6-9-7-4-5-8-9;2*1-3-2;/h2*4-5,7-8H,2-3,6H2,1H3;1-2H3;1H3;/q2*-1;;;+2. The molecular formula is C21H35ClOSiZr. The van der Waals surface area contributed by atoms with Crippen molar-refractivity contribution in [3.05, 3.63) is 59.7 Å². The molecule has 0 saturated heterocycles. The second kappa shape index (κ2) is 22.1. The molecule has 0 atom stereocenters. The van der Waals surface area contributed by atoms with E-state index in [1.165, 1.54) is 56.8 Å². The van der Waals surface area contributed by atoms with E-state index in [0.29, 0.717) is 0 Å². The molecule has 0 aliphatic heterocycles. The van der Waals surface area contributed by atoms with Crippen LogP contribution in [-0.4, -0.2) is 12.5 Å². The molecule has 2 aromatic rings. The predicted molar refractivity (Wildman–Crippen MR) is 112 cm³/mol. The molecule has 1 nitrogen and oxygen atoms in total. The summed E-state index contributed by atoms with van der Waals surface area (Å²) in [5.74, 6) is 0. The van der Waals surface area contributed by atoms with Crippen molar-refractivity contribution < 1.29 is 27.6 Å². The summed E-state index contributed by atoms with van der Waals surface area (Å²) in [5, 5.41) is 0. The molecule has 0 aliphatic carbocycles. The van der Waals surface area contributed by atoms with Gasteiger partial charge in [0.1, 0.15) is 0 Å². The summed E-state index contributed by atoms with van der Waals surface area (Å²) in [6.07, 6.45) is 7.75. The van der Waals surface area contributed by atoms with Crippen LogP contribution in [0.25, 0.3) is 0 Å². The fourth-order valence-corrected chi connectivity index (χ4v) is 1.92. The summed E-state index contributed by atoms with van der Waals surface area (Å²) in [4.78, 5) is 0. The third-order valence-electron chi connectivity index (χ3n) is 3.10. The van der Waals surface area contributed by atoms with E-state index in [1.807, 2.05) is 0 Å². The first-order valence-corrected chi connectivity index (χ1v) is 15.6. The van der Waals surface area contributed by atoms with Gasteiger partial charge in [-0.15, -0.1) is 0 Å². The third-order valence-corrected chi connectivity index (χ3v) is 3.10. The van der Waals surface area contributed by atoms with Crippen LogP contribution in [0.15, 0.2) is 48.5 Å². The normalized spacial score (nSPS) is 8.96. The zero-order valence-corrected chi connectivity index (χ0v) is 20.9. The topological polar surface area (TPSA) is 9.23 Å². The van der Waals surface area contributed by atoms with E-state index in [4.69, 9.17) is 0 Å². The SMILES string of the molecule is CCCCc1cc[cH-]c1.CCCCc1cc[cH-]c1.COCl.C[Si](C)=[Zr+2]. The molecule has 0 N–H and O–H groups in total. The van der Waals surface area contributed by atoms with Gasteiger partial charge in [-0.25, -0.2) is 12.1 Å². The van der Waals surface area contributed by atoms with Crippen LogP contribution in [0.2, 0.25) is 13.1 Å². The molecule has 0 fully saturated rings. The van der Waals surface area contributed by atoms with E-state index in [1.54, 1.807) is 23.3 Å². The van der Waals surface area contributed by atoms with Gasteiger partial charge in [-0.2, -0.15) is 47.5 Å². The minimum absolute atomic E-state index is 0.210. The number of hydrogen-bond acceptors (Lipinski definition) is 1. The second-order valence-electron chi connectivity index (χ2n) is 5.95. The number of aryl methyl sites for hydroxylation is 2. The number of halogens is 1. The average Bonchev–Trinajstić information content (AvgIpc) is 3.25. The van der Waals surface area contributed by atoms with Gasteiger partial charge in [-0.05, 0) is 0 Å². The maximum atomic E-state index is 4.50. The molecule has 0 unspecified atom stereocenters. The van der Waals surface area contributed by atoms with E-state index in [0.717, 1.165) is 0 Å². The van der Waals surface area contributed by atoms with Crippen LogP contribution in [0, 0.1) is 0 Å². The summed E-state index contributed by atoms with van der Waals surface area (Å²) in [5.41, 5.74) is 3.18. The van der Waals surface area contributed by atoms with Crippen LogP contribution in [0.5, 0.6) is 0 Å². The summed E-state index contributed by atoms with van der Waals surface area (Å²) >= 11 is 6.24. The fourth-order valence-electron chi connectivity index (χ4n) is 1.92. The average molecular weight is 458 g/mol. The molecule has 2 rings (SSSR count). The summed E-state index contributed by atoms with van der Waals surface area (Å²) in [6.45, 7) is 9.07. The molecule has 0 aliphatic rings. The molecule has 2 aromatic carbocycles. The van der Waals surface area contributed by atoms with Crippen LogP contribution in [0.3, 0.4) is 0 Å². The fraction of sp³-hybridized carbons (Fsp3) is 0.524. The van der Waals surface area contributed by atoms with Crippen molar-refractivity contribution in [1.29, 1.82) is 0 Å². The van der Waals surface area contributed by atoms with Crippen LogP contribution in [0.1, 0.15) is 50.7 Å². The Bertz CT molecular complexity index is 424. The van der Waals surface area contributed by atoms with Crippen molar-refractivity contribution in [2.24, 2.45) is 0 Å². The molecule has 25 heavy (non-hydrogen) atoms. The maximum absolute atomic E-state index is 4.50. The third kappa shape index (κ3) is 24.1. The Labute approximate surface area is 176 Å². The van der Waals surface area contributed by atoms with Crippen LogP contribution in [-0.2, 0) is 40.5 Å². The summed E-state index contributed by atoms with van der Waals surface area (Å²) < 4.78 is 3.72. The van der Waals surface area contributed by atoms with Crippen molar-refractivity contribution >= 4 is 17.3 Å².